The molecule has 0 aliphatic heterocycles. The zero-order chi connectivity index (χ0) is 19.4. The Kier molecular flexibility index (Phi) is 6.73. The van der Waals surface area contributed by atoms with E-state index in [1.165, 1.54) is 11.8 Å². The van der Waals surface area contributed by atoms with Crippen molar-refractivity contribution in [2.24, 2.45) is 0 Å². The lowest BCUT2D eigenvalue weighted by molar-refractivity contribution is -0.113. The van der Waals surface area contributed by atoms with Crippen molar-refractivity contribution in [3.63, 3.8) is 0 Å². The van der Waals surface area contributed by atoms with Crippen molar-refractivity contribution in [2.75, 3.05) is 11.1 Å². The Morgan fingerprint density at radius 3 is 2.52 bits per heavy atom. The molecule has 27 heavy (non-hydrogen) atoms. The number of benzene rings is 2. The van der Waals surface area contributed by atoms with Crippen LogP contribution in [0.3, 0.4) is 0 Å². The Morgan fingerprint density at radius 2 is 1.81 bits per heavy atom. The van der Waals surface area contributed by atoms with Crippen LogP contribution in [-0.4, -0.2) is 21.9 Å². The second kappa shape index (κ2) is 9.03. The summed E-state index contributed by atoms with van der Waals surface area (Å²) in [5, 5.41) is 11.4. The monoisotopic (exact) mass is 509 g/mol. The summed E-state index contributed by atoms with van der Waals surface area (Å²) < 4.78 is 7.60. The molecule has 0 saturated heterocycles. The van der Waals surface area contributed by atoms with Gasteiger partial charge in [0.1, 0.15) is 0 Å². The number of nitrogens with one attached hydrogen (secondary N) is 1. The second-order valence-electron chi connectivity index (χ2n) is 6.10. The minimum atomic E-state index is -0.118. The highest BCUT2D eigenvalue weighted by Gasteiger charge is 2.13. The molecule has 1 amide bonds. The lowest BCUT2D eigenvalue weighted by Crippen LogP contribution is -2.15. The third-order valence-corrected chi connectivity index (χ3v) is 5.57. The van der Waals surface area contributed by atoms with Crippen LogP contribution in [0.5, 0.6) is 0 Å². The second-order valence-corrected chi connectivity index (χ2v) is 8.86. The lowest BCUT2D eigenvalue weighted by Gasteiger charge is -2.14. The fourth-order valence-electron chi connectivity index (χ4n) is 2.42. The third-order valence-electron chi connectivity index (χ3n) is 3.73. The number of thioether (sulfide) groups is 1. The third kappa shape index (κ3) is 5.43. The Morgan fingerprint density at radius 1 is 1.11 bits per heavy atom. The maximum atomic E-state index is 12.3. The number of carbonyl (C=O) groups is 1. The summed E-state index contributed by atoms with van der Waals surface area (Å²) in [6.45, 7) is 4.18. The Balaban J connectivity index is 1.61. The zero-order valence-electron chi connectivity index (χ0n) is 14.7. The van der Waals surface area contributed by atoms with Gasteiger partial charge in [0.25, 0.3) is 5.22 Å². The van der Waals surface area contributed by atoms with E-state index in [4.69, 9.17) is 4.42 Å². The topological polar surface area (TPSA) is 68.0 Å². The van der Waals surface area contributed by atoms with E-state index in [0.717, 1.165) is 25.8 Å². The van der Waals surface area contributed by atoms with Crippen LogP contribution in [0, 0.1) is 0 Å². The van der Waals surface area contributed by atoms with E-state index in [-0.39, 0.29) is 11.7 Å². The first-order valence-electron chi connectivity index (χ1n) is 8.24. The molecule has 8 heteroatoms. The smallest absolute Gasteiger partial charge is 0.277 e. The molecule has 0 bridgehead atoms. The van der Waals surface area contributed by atoms with Gasteiger partial charge in [-0.2, -0.15) is 0 Å². The highest BCUT2D eigenvalue weighted by Crippen LogP contribution is 2.28. The van der Waals surface area contributed by atoms with Gasteiger partial charge >= 0.3 is 0 Å². The summed E-state index contributed by atoms with van der Waals surface area (Å²) in [6.07, 6.45) is 0. The van der Waals surface area contributed by atoms with Gasteiger partial charge in [0.2, 0.25) is 11.8 Å². The highest BCUT2D eigenvalue weighted by molar-refractivity contribution is 9.10. The van der Waals surface area contributed by atoms with Crippen molar-refractivity contribution in [2.45, 2.75) is 25.0 Å². The number of rotatable bonds is 6. The van der Waals surface area contributed by atoms with Crippen LogP contribution in [0.25, 0.3) is 11.5 Å². The Labute approximate surface area is 178 Å². The van der Waals surface area contributed by atoms with Gasteiger partial charge in [-0.15, -0.1) is 10.2 Å². The maximum absolute atomic E-state index is 12.3. The van der Waals surface area contributed by atoms with Crippen LogP contribution in [0.4, 0.5) is 5.69 Å². The molecular weight excluding hydrogens is 494 g/mol. The van der Waals surface area contributed by atoms with Crippen LogP contribution >= 0.6 is 43.6 Å². The molecule has 0 atom stereocenters. The molecule has 5 nitrogen and oxygen atoms in total. The van der Waals surface area contributed by atoms with Gasteiger partial charge in [0, 0.05) is 20.2 Å². The molecule has 2 aromatic carbocycles. The normalized spacial score (nSPS) is 11.0. The van der Waals surface area contributed by atoms with Crippen LogP contribution in [-0.2, 0) is 4.79 Å². The number of aromatic nitrogens is 2. The molecule has 140 valence electrons. The SMILES string of the molecule is CC(C)c1cc(Br)ccc1NC(=O)CSc1nnc(-c2ccc(Br)cc2)o1. The van der Waals surface area contributed by atoms with E-state index in [0.29, 0.717) is 17.0 Å². The number of carbonyl (C=O) groups excluding carboxylic acids is 1. The molecule has 0 aliphatic rings. The molecule has 3 rings (SSSR count). The van der Waals surface area contributed by atoms with Gasteiger partial charge in [-0.25, -0.2) is 0 Å². The summed E-state index contributed by atoms with van der Waals surface area (Å²) in [5.41, 5.74) is 2.73. The molecule has 3 aromatic rings. The average Bonchev–Trinajstić information content (AvgIpc) is 3.11. The molecule has 1 aromatic heterocycles. The van der Waals surface area contributed by atoms with Crippen molar-refractivity contribution in [3.05, 3.63) is 57.0 Å². The molecular formula is C19H17Br2N3O2S. The van der Waals surface area contributed by atoms with E-state index in [1.807, 2.05) is 42.5 Å². The molecule has 0 radical (unpaired) electrons. The zero-order valence-corrected chi connectivity index (χ0v) is 18.7. The van der Waals surface area contributed by atoms with Crippen molar-refractivity contribution < 1.29 is 9.21 Å². The predicted molar refractivity (Wildman–Crippen MR) is 115 cm³/mol. The molecule has 0 aliphatic carbocycles. The van der Waals surface area contributed by atoms with E-state index in [9.17, 15) is 4.79 Å². The quantitative estimate of drug-likeness (QED) is 0.405. The molecule has 0 saturated carbocycles. The minimum absolute atomic E-state index is 0.118. The van der Waals surface area contributed by atoms with E-state index >= 15 is 0 Å². The van der Waals surface area contributed by atoms with E-state index in [1.54, 1.807) is 0 Å². The van der Waals surface area contributed by atoms with Crippen LogP contribution in [0.1, 0.15) is 25.3 Å². The highest BCUT2D eigenvalue weighted by atomic mass is 79.9. The summed E-state index contributed by atoms with van der Waals surface area (Å²) >= 11 is 8.07. The number of hydrogen-bond acceptors (Lipinski definition) is 5. The number of amides is 1. The van der Waals surface area contributed by atoms with Gasteiger partial charge in [-0.05, 0) is 53.9 Å². The molecule has 1 N–H and O–H groups in total. The van der Waals surface area contributed by atoms with E-state index < -0.39 is 0 Å². The van der Waals surface area contributed by atoms with Crippen LogP contribution in [0.15, 0.2) is 61.0 Å². The molecule has 0 spiro atoms. The lowest BCUT2D eigenvalue weighted by atomic mass is 10.0. The molecule has 0 fully saturated rings. The summed E-state index contributed by atoms with van der Waals surface area (Å²) in [6, 6.07) is 13.4. The number of nitrogens with zero attached hydrogens (tertiary/aromatic N) is 2. The predicted octanol–water partition coefficient (Wildman–Crippen LogP) is 6.12. The van der Waals surface area contributed by atoms with Crippen molar-refractivity contribution in [3.8, 4) is 11.5 Å². The van der Waals surface area contributed by atoms with Gasteiger partial charge < -0.3 is 9.73 Å². The van der Waals surface area contributed by atoms with Gasteiger partial charge in [0.05, 0.1) is 5.75 Å². The first kappa shape index (κ1) is 20.1. The number of anilines is 1. The van der Waals surface area contributed by atoms with Crippen molar-refractivity contribution in [1.82, 2.24) is 10.2 Å². The van der Waals surface area contributed by atoms with Crippen molar-refractivity contribution >= 4 is 55.2 Å². The maximum Gasteiger partial charge on any atom is 0.277 e. The summed E-state index contributed by atoms with van der Waals surface area (Å²) in [4.78, 5) is 12.3. The number of hydrogen-bond donors (Lipinski definition) is 1. The minimum Gasteiger partial charge on any atom is -0.411 e. The molecule has 1 heterocycles. The fourth-order valence-corrected chi connectivity index (χ4v) is 3.62. The number of halogens is 2. The summed E-state index contributed by atoms with van der Waals surface area (Å²) in [7, 11) is 0. The Hall–Kier alpha value is -1.64. The molecule has 0 unspecified atom stereocenters. The Bertz CT molecular complexity index is 942. The van der Waals surface area contributed by atoms with Crippen LogP contribution < -0.4 is 5.32 Å². The van der Waals surface area contributed by atoms with Crippen molar-refractivity contribution in [1.29, 1.82) is 0 Å². The summed E-state index contributed by atoms with van der Waals surface area (Å²) in [5.74, 6) is 0.804. The average molecular weight is 511 g/mol. The van der Waals surface area contributed by atoms with Gasteiger partial charge in [-0.1, -0.05) is 57.5 Å². The van der Waals surface area contributed by atoms with Gasteiger partial charge in [-0.3, -0.25) is 4.79 Å². The van der Waals surface area contributed by atoms with Gasteiger partial charge in [0.15, 0.2) is 0 Å². The largest absolute Gasteiger partial charge is 0.411 e. The van der Waals surface area contributed by atoms with Crippen LogP contribution in [0.2, 0.25) is 0 Å². The first-order valence-corrected chi connectivity index (χ1v) is 10.8. The first-order chi connectivity index (χ1) is 12.9. The van der Waals surface area contributed by atoms with E-state index in [2.05, 4.69) is 61.2 Å². The fraction of sp³-hybridized carbons (Fsp3) is 0.211. The standard InChI is InChI=1S/C19H17Br2N3O2S/c1-11(2)15-9-14(21)7-8-16(15)22-17(25)10-27-19-24-23-18(26-19)12-3-5-13(20)6-4-12/h3-9,11H,10H2,1-2H3,(H,22,25).